The van der Waals surface area contributed by atoms with Crippen LogP contribution in [0, 0.1) is 10.1 Å². The van der Waals surface area contributed by atoms with E-state index in [2.05, 4.69) is 10.6 Å². The number of rotatable bonds is 10. The van der Waals surface area contributed by atoms with E-state index < -0.39 is 10.8 Å². The van der Waals surface area contributed by atoms with Gasteiger partial charge in [0.05, 0.1) is 44.0 Å². The van der Waals surface area contributed by atoms with E-state index in [1.807, 2.05) is 0 Å². The van der Waals surface area contributed by atoms with E-state index in [0.717, 1.165) is 0 Å². The van der Waals surface area contributed by atoms with Crippen LogP contribution in [-0.2, 0) is 9.59 Å². The Balaban J connectivity index is 1.99. The molecule has 2 N–H and O–H groups in total. The Morgan fingerprint density at radius 2 is 1.63 bits per heavy atom. The molecule has 0 saturated carbocycles. The molecule has 0 aliphatic heterocycles. The first kappa shape index (κ1) is 22.6. The van der Waals surface area contributed by atoms with Gasteiger partial charge in [0.2, 0.25) is 11.8 Å². The normalized spacial score (nSPS) is 10.4. The number of nitro benzene ring substituents is 1. The summed E-state index contributed by atoms with van der Waals surface area (Å²) < 4.78 is 10.2. The quantitative estimate of drug-likeness (QED) is 0.451. The van der Waals surface area contributed by atoms with Gasteiger partial charge in [-0.3, -0.25) is 24.6 Å². The van der Waals surface area contributed by atoms with Crippen molar-refractivity contribution in [1.29, 1.82) is 0 Å². The first-order valence-electron chi connectivity index (χ1n) is 9.15. The van der Waals surface area contributed by atoms with Crippen LogP contribution < -0.4 is 20.1 Å². The summed E-state index contributed by atoms with van der Waals surface area (Å²) in [6.45, 7) is 2.09. The standard InChI is InChI=1S/C20H24N4O6/c1-4-23(13-20(26)22-16-7-5-6-8-18(16)30-3)12-19(25)21-15-10-9-14(29-2)11-17(15)24(27)28/h5-11H,4,12-13H2,1-3H3,(H,21,25)(H,22,26). The Morgan fingerprint density at radius 3 is 2.20 bits per heavy atom. The van der Waals surface area contributed by atoms with Gasteiger partial charge in [-0.05, 0) is 30.8 Å². The van der Waals surface area contributed by atoms with Gasteiger partial charge in [0.25, 0.3) is 5.69 Å². The van der Waals surface area contributed by atoms with Crippen LogP contribution in [0.2, 0.25) is 0 Å². The topological polar surface area (TPSA) is 123 Å². The van der Waals surface area contributed by atoms with Crippen LogP contribution in [0.1, 0.15) is 6.92 Å². The molecule has 2 aromatic carbocycles. The third kappa shape index (κ3) is 6.17. The monoisotopic (exact) mass is 416 g/mol. The number of amides is 2. The lowest BCUT2D eigenvalue weighted by Gasteiger charge is -2.20. The number of benzene rings is 2. The highest BCUT2D eigenvalue weighted by Gasteiger charge is 2.19. The van der Waals surface area contributed by atoms with Crippen molar-refractivity contribution in [2.45, 2.75) is 6.92 Å². The molecule has 0 aromatic heterocycles. The van der Waals surface area contributed by atoms with Crippen molar-refractivity contribution < 1.29 is 24.0 Å². The molecule has 0 unspecified atom stereocenters. The Hall–Kier alpha value is -3.66. The molecule has 2 amide bonds. The Morgan fingerprint density at radius 1 is 1.00 bits per heavy atom. The highest BCUT2D eigenvalue weighted by atomic mass is 16.6. The fourth-order valence-corrected chi connectivity index (χ4v) is 2.71. The third-order valence-electron chi connectivity index (χ3n) is 4.24. The second-order valence-corrected chi connectivity index (χ2v) is 6.24. The highest BCUT2D eigenvalue weighted by Crippen LogP contribution is 2.29. The van der Waals surface area contributed by atoms with Crippen molar-refractivity contribution in [2.75, 3.05) is 44.5 Å². The number of nitro groups is 1. The number of methoxy groups -OCH3 is 2. The first-order valence-corrected chi connectivity index (χ1v) is 9.15. The van der Waals surface area contributed by atoms with Crippen molar-refractivity contribution in [3.63, 3.8) is 0 Å². The average molecular weight is 416 g/mol. The van der Waals surface area contributed by atoms with Gasteiger partial charge in [0.15, 0.2) is 0 Å². The van der Waals surface area contributed by atoms with Gasteiger partial charge in [0.1, 0.15) is 17.2 Å². The van der Waals surface area contributed by atoms with Crippen LogP contribution in [-0.4, -0.2) is 55.5 Å². The molecule has 2 aromatic rings. The van der Waals surface area contributed by atoms with Crippen molar-refractivity contribution in [3.05, 3.63) is 52.6 Å². The van der Waals surface area contributed by atoms with Crippen molar-refractivity contribution in [3.8, 4) is 11.5 Å². The maximum absolute atomic E-state index is 12.4. The van der Waals surface area contributed by atoms with Gasteiger partial charge in [-0.2, -0.15) is 0 Å². The number of likely N-dealkylation sites (N-methyl/N-ethyl adjacent to an activating group) is 1. The van der Waals surface area contributed by atoms with Crippen molar-refractivity contribution in [2.24, 2.45) is 0 Å². The Kier molecular flexibility index (Phi) is 8.12. The van der Waals surface area contributed by atoms with Gasteiger partial charge in [0, 0.05) is 0 Å². The van der Waals surface area contributed by atoms with E-state index in [4.69, 9.17) is 9.47 Å². The SMILES string of the molecule is CCN(CC(=O)Nc1ccccc1OC)CC(=O)Nc1ccc(OC)cc1[N+](=O)[O-]. The summed E-state index contributed by atoms with van der Waals surface area (Å²) in [6, 6.07) is 11.1. The number of carbonyl (C=O) groups is 2. The summed E-state index contributed by atoms with van der Waals surface area (Å²) in [7, 11) is 2.90. The van der Waals surface area contributed by atoms with E-state index in [0.29, 0.717) is 23.7 Å². The van der Waals surface area contributed by atoms with Crippen LogP contribution in [0.3, 0.4) is 0 Å². The molecule has 2 rings (SSSR count). The number of carbonyl (C=O) groups excluding carboxylic acids is 2. The molecule has 0 radical (unpaired) electrons. The zero-order valence-corrected chi connectivity index (χ0v) is 17.0. The molecule has 10 heteroatoms. The van der Waals surface area contributed by atoms with E-state index in [9.17, 15) is 19.7 Å². The van der Waals surface area contributed by atoms with Crippen molar-refractivity contribution >= 4 is 28.9 Å². The first-order chi connectivity index (χ1) is 14.4. The smallest absolute Gasteiger partial charge is 0.296 e. The number of ether oxygens (including phenoxy) is 2. The minimum atomic E-state index is -0.601. The van der Waals surface area contributed by atoms with E-state index >= 15 is 0 Å². The number of anilines is 2. The zero-order chi connectivity index (χ0) is 22.1. The molecule has 0 spiro atoms. The molecule has 0 aliphatic carbocycles. The maximum Gasteiger partial charge on any atom is 0.296 e. The predicted molar refractivity (Wildman–Crippen MR) is 112 cm³/mol. The van der Waals surface area contributed by atoms with Crippen LogP contribution in [0.15, 0.2) is 42.5 Å². The second-order valence-electron chi connectivity index (χ2n) is 6.24. The molecule has 160 valence electrons. The molecule has 0 heterocycles. The molecule has 0 fully saturated rings. The largest absolute Gasteiger partial charge is 0.496 e. The Bertz CT molecular complexity index is 918. The number of hydrogen-bond acceptors (Lipinski definition) is 7. The zero-order valence-electron chi connectivity index (χ0n) is 17.0. The summed E-state index contributed by atoms with van der Waals surface area (Å²) in [5, 5.41) is 16.5. The van der Waals surface area contributed by atoms with Crippen LogP contribution >= 0.6 is 0 Å². The lowest BCUT2D eigenvalue weighted by Crippen LogP contribution is -2.38. The summed E-state index contributed by atoms with van der Waals surface area (Å²) in [5.74, 6) is 0.0427. The summed E-state index contributed by atoms with van der Waals surface area (Å²) in [6.07, 6.45) is 0. The molecular weight excluding hydrogens is 392 g/mol. The van der Waals surface area contributed by atoms with E-state index in [1.54, 1.807) is 36.1 Å². The van der Waals surface area contributed by atoms with Gasteiger partial charge in [-0.25, -0.2) is 0 Å². The average Bonchev–Trinajstić information content (AvgIpc) is 2.73. The minimum Gasteiger partial charge on any atom is -0.496 e. The summed E-state index contributed by atoms with van der Waals surface area (Å²) in [5.41, 5.74) is 0.305. The molecule has 0 aliphatic rings. The van der Waals surface area contributed by atoms with Crippen LogP contribution in [0.5, 0.6) is 11.5 Å². The van der Waals surface area contributed by atoms with Crippen molar-refractivity contribution in [1.82, 2.24) is 4.90 Å². The fraction of sp³-hybridized carbons (Fsp3) is 0.300. The molecule has 0 atom stereocenters. The highest BCUT2D eigenvalue weighted by molar-refractivity contribution is 5.96. The minimum absolute atomic E-state index is 0.0350. The lowest BCUT2D eigenvalue weighted by molar-refractivity contribution is -0.384. The fourth-order valence-electron chi connectivity index (χ4n) is 2.71. The third-order valence-corrected chi connectivity index (χ3v) is 4.24. The molecule has 0 saturated heterocycles. The molecular formula is C20H24N4O6. The second kappa shape index (κ2) is 10.8. The predicted octanol–water partition coefficient (Wildman–Crippen LogP) is 2.51. The summed E-state index contributed by atoms with van der Waals surface area (Å²) in [4.78, 5) is 37.0. The number of para-hydroxylation sites is 2. The Labute approximate surface area is 173 Å². The van der Waals surface area contributed by atoms with E-state index in [-0.39, 0.29) is 30.4 Å². The van der Waals surface area contributed by atoms with Crippen LogP contribution in [0.25, 0.3) is 0 Å². The molecule has 0 bridgehead atoms. The van der Waals surface area contributed by atoms with Gasteiger partial charge in [-0.15, -0.1) is 0 Å². The van der Waals surface area contributed by atoms with Gasteiger partial charge in [-0.1, -0.05) is 19.1 Å². The van der Waals surface area contributed by atoms with E-state index in [1.165, 1.54) is 32.4 Å². The number of nitrogens with one attached hydrogen (secondary N) is 2. The summed E-state index contributed by atoms with van der Waals surface area (Å²) >= 11 is 0. The molecule has 30 heavy (non-hydrogen) atoms. The van der Waals surface area contributed by atoms with Crippen LogP contribution in [0.4, 0.5) is 17.1 Å². The molecule has 10 nitrogen and oxygen atoms in total. The maximum atomic E-state index is 12.4. The van der Waals surface area contributed by atoms with Gasteiger partial charge < -0.3 is 20.1 Å². The number of nitrogens with zero attached hydrogens (tertiary/aromatic N) is 2. The van der Waals surface area contributed by atoms with Gasteiger partial charge >= 0.3 is 0 Å². The lowest BCUT2D eigenvalue weighted by atomic mass is 10.2. The number of hydrogen-bond donors (Lipinski definition) is 2.